The van der Waals surface area contributed by atoms with E-state index in [1.807, 2.05) is 56.3 Å². The van der Waals surface area contributed by atoms with Crippen LogP contribution in [0, 0.1) is 5.92 Å². The third kappa shape index (κ3) is 3.82. The van der Waals surface area contributed by atoms with E-state index in [0.717, 1.165) is 27.2 Å². The standard InChI is InChI=1S/C23H23ClN2O3S/c1-15(2)21(28)23(10-12-26(14-27)13-11-23)29-19-9-4-3-6-16(19)22-25-18-8-5-7-17(24)20(18)30-22/h3-9,14-15H,10-13H2,1-2H3. The number of ether oxygens (including phenoxy) is 1. The molecule has 1 aromatic heterocycles. The minimum Gasteiger partial charge on any atom is -0.479 e. The highest BCUT2D eigenvalue weighted by molar-refractivity contribution is 7.22. The van der Waals surface area contributed by atoms with Crippen LogP contribution in [0.15, 0.2) is 42.5 Å². The Kier molecular flexibility index (Phi) is 5.80. The summed E-state index contributed by atoms with van der Waals surface area (Å²) in [5, 5.41) is 1.47. The number of piperidine rings is 1. The van der Waals surface area contributed by atoms with Gasteiger partial charge in [-0.1, -0.05) is 43.6 Å². The van der Waals surface area contributed by atoms with Gasteiger partial charge in [0.1, 0.15) is 10.8 Å². The van der Waals surface area contributed by atoms with Crippen molar-refractivity contribution in [2.45, 2.75) is 32.3 Å². The first kappa shape index (κ1) is 20.8. The zero-order chi connectivity index (χ0) is 21.3. The molecule has 0 saturated carbocycles. The molecule has 0 atom stereocenters. The Balaban J connectivity index is 1.74. The summed E-state index contributed by atoms with van der Waals surface area (Å²) in [7, 11) is 0. The van der Waals surface area contributed by atoms with Crippen molar-refractivity contribution in [2.75, 3.05) is 13.1 Å². The fraction of sp³-hybridized carbons (Fsp3) is 0.348. The van der Waals surface area contributed by atoms with E-state index in [-0.39, 0.29) is 11.7 Å². The van der Waals surface area contributed by atoms with Gasteiger partial charge in [-0.05, 0) is 24.3 Å². The molecular weight excluding hydrogens is 420 g/mol. The van der Waals surface area contributed by atoms with E-state index in [0.29, 0.717) is 36.7 Å². The number of halogens is 1. The lowest BCUT2D eigenvalue weighted by Crippen LogP contribution is -2.54. The van der Waals surface area contributed by atoms with Crippen LogP contribution < -0.4 is 4.74 Å². The van der Waals surface area contributed by atoms with E-state index in [1.54, 1.807) is 4.90 Å². The molecule has 0 radical (unpaired) electrons. The minimum atomic E-state index is -0.946. The molecule has 7 heteroatoms. The zero-order valence-corrected chi connectivity index (χ0v) is 18.5. The topological polar surface area (TPSA) is 59.5 Å². The molecule has 1 aliphatic rings. The van der Waals surface area contributed by atoms with Gasteiger partial charge >= 0.3 is 0 Å². The molecule has 30 heavy (non-hydrogen) atoms. The maximum atomic E-state index is 13.2. The van der Waals surface area contributed by atoms with Crippen LogP contribution in [0.2, 0.25) is 5.02 Å². The first-order valence-corrected chi connectivity index (χ1v) is 11.2. The summed E-state index contributed by atoms with van der Waals surface area (Å²) >= 11 is 7.85. The van der Waals surface area contributed by atoms with E-state index in [2.05, 4.69) is 0 Å². The molecule has 0 bridgehead atoms. The van der Waals surface area contributed by atoms with Crippen molar-refractivity contribution in [1.29, 1.82) is 0 Å². The van der Waals surface area contributed by atoms with E-state index >= 15 is 0 Å². The molecule has 5 nitrogen and oxygen atoms in total. The number of para-hydroxylation sites is 1. The van der Waals surface area contributed by atoms with Crippen LogP contribution in [0.5, 0.6) is 5.75 Å². The summed E-state index contributed by atoms with van der Waals surface area (Å²) in [4.78, 5) is 30.8. The number of nitrogens with zero attached hydrogens (tertiary/aromatic N) is 2. The van der Waals surface area contributed by atoms with E-state index in [4.69, 9.17) is 21.3 Å². The van der Waals surface area contributed by atoms with Gasteiger partial charge in [0.2, 0.25) is 6.41 Å². The highest BCUT2D eigenvalue weighted by atomic mass is 35.5. The van der Waals surface area contributed by atoms with Crippen molar-refractivity contribution in [3.05, 3.63) is 47.5 Å². The number of likely N-dealkylation sites (tertiary alicyclic amines) is 1. The summed E-state index contributed by atoms with van der Waals surface area (Å²) in [5.41, 5.74) is 0.728. The molecular formula is C23H23ClN2O3S. The molecule has 0 N–H and O–H groups in total. The van der Waals surface area contributed by atoms with Crippen LogP contribution in [-0.2, 0) is 9.59 Å². The third-order valence-electron chi connectivity index (χ3n) is 5.52. The van der Waals surface area contributed by atoms with E-state index < -0.39 is 5.60 Å². The highest BCUT2D eigenvalue weighted by Gasteiger charge is 2.44. The van der Waals surface area contributed by atoms with Crippen molar-refractivity contribution < 1.29 is 14.3 Å². The first-order valence-electron chi connectivity index (χ1n) is 10.0. The lowest BCUT2D eigenvalue weighted by molar-refractivity contribution is -0.144. The number of hydrogen-bond donors (Lipinski definition) is 0. The summed E-state index contributed by atoms with van der Waals surface area (Å²) in [5.74, 6) is 0.526. The van der Waals surface area contributed by atoms with Crippen LogP contribution >= 0.6 is 22.9 Å². The minimum absolute atomic E-state index is 0.0650. The molecule has 156 valence electrons. The summed E-state index contributed by atoms with van der Waals surface area (Å²) in [6.07, 6.45) is 1.79. The molecule has 1 aliphatic heterocycles. The number of carbonyl (C=O) groups excluding carboxylic acids is 2. The number of aromatic nitrogens is 1. The molecule has 2 heterocycles. The molecule has 0 aliphatic carbocycles. The van der Waals surface area contributed by atoms with E-state index in [1.165, 1.54) is 11.3 Å². The Morgan fingerprint density at radius 2 is 1.93 bits per heavy atom. The van der Waals surface area contributed by atoms with Crippen molar-refractivity contribution >= 4 is 45.3 Å². The lowest BCUT2D eigenvalue weighted by Gasteiger charge is -2.40. The van der Waals surface area contributed by atoms with Crippen molar-refractivity contribution in [2.24, 2.45) is 5.92 Å². The summed E-state index contributed by atoms with van der Waals surface area (Å²) in [6.45, 7) is 4.78. The number of ketones is 1. The monoisotopic (exact) mass is 442 g/mol. The van der Waals surface area contributed by atoms with Crippen LogP contribution in [0.4, 0.5) is 0 Å². The van der Waals surface area contributed by atoms with Crippen LogP contribution in [0.25, 0.3) is 20.8 Å². The van der Waals surface area contributed by atoms with Crippen LogP contribution in [-0.4, -0.2) is 40.8 Å². The molecule has 0 spiro atoms. The molecule has 1 amide bonds. The fourth-order valence-corrected chi connectivity index (χ4v) is 5.17. The Morgan fingerprint density at radius 1 is 1.20 bits per heavy atom. The first-order chi connectivity index (χ1) is 14.4. The molecule has 4 rings (SSSR count). The molecule has 2 aromatic carbocycles. The predicted molar refractivity (Wildman–Crippen MR) is 120 cm³/mol. The fourth-order valence-electron chi connectivity index (χ4n) is 3.89. The van der Waals surface area contributed by atoms with Crippen molar-refractivity contribution in [3.8, 4) is 16.3 Å². The normalized spacial score (nSPS) is 16.1. The van der Waals surface area contributed by atoms with Gasteiger partial charge in [0.15, 0.2) is 11.4 Å². The number of rotatable bonds is 6. The number of fused-ring (bicyclic) bond motifs is 1. The largest absolute Gasteiger partial charge is 0.479 e. The van der Waals surface area contributed by atoms with Gasteiger partial charge in [-0.2, -0.15) is 0 Å². The second-order valence-corrected chi connectivity index (χ2v) is 9.27. The zero-order valence-electron chi connectivity index (χ0n) is 16.9. The quantitative estimate of drug-likeness (QED) is 0.491. The van der Waals surface area contributed by atoms with Gasteiger partial charge in [-0.3, -0.25) is 9.59 Å². The Bertz CT molecular complexity index is 1090. The molecule has 0 unspecified atom stereocenters. The smallest absolute Gasteiger partial charge is 0.209 e. The van der Waals surface area contributed by atoms with Gasteiger partial charge in [-0.25, -0.2) is 4.98 Å². The number of Topliss-reactive ketones (excluding diaryl/α,β-unsaturated/α-hetero) is 1. The third-order valence-corrected chi connectivity index (χ3v) is 7.08. The predicted octanol–water partition coefficient (Wildman–Crippen LogP) is 5.21. The van der Waals surface area contributed by atoms with Crippen LogP contribution in [0.3, 0.4) is 0 Å². The van der Waals surface area contributed by atoms with Crippen molar-refractivity contribution in [1.82, 2.24) is 9.88 Å². The Labute approximate surface area is 184 Å². The number of hydrogen-bond acceptors (Lipinski definition) is 5. The SMILES string of the molecule is CC(C)C(=O)C1(Oc2ccccc2-c2nc3cccc(Cl)c3s2)CCN(C=O)CC1. The highest BCUT2D eigenvalue weighted by Crippen LogP contribution is 2.41. The average molecular weight is 443 g/mol. The van der Waals surface area contributed by atoms with Gasteiger partial charge in [0.05, 0.1) is 20.8 Å². The number of amides is 1. The number of carbonyl (C=O) groups is 2. The maximum absolute atomic E-state index is 13.2. The van der Waals surface area contributed by atoms with Crippen LogP contribution in [0.1, 0.15) is 26.7 Å². The van der Waals surface area contributed by atoms with E-state index in [9.17, 15) is 9.59 Å². The second kappa shape index (κ2) is 8.36. The summed E-state index contributed by atoms with van der Waals surface area (Å²) < 4.78 is 7.44. The summed E-state index contributed by atoms with van der Waals surface area (Å²) in [6, 6.07) is 13.3. The number of thiazole rings is 1. The molecule has 3 aromatic rings. The van der Waals surface area contributed by atoms with Gasteiger partial charge < -0.3 is 9.64 Å². The second-order valence-electron chi connectivity index (χ2n) is 7.86. The average Bonchev–Trinajstić information content (AvgIpc) is 3.19. The maximum Gasteiger partial charge on any atom is 0.209 e. The molecule has 1 saturated heterocycles. The van der Waals surface area contributed by atoms with Crippen molar-refractivity contribution in [3.63, 3.8) is 0 Å². The van der Waals surface area contributed by atoms with Gasteiger partial charge in [0, 0.05) is 31.8 Å². The Morgan fingerprint density at radius 3 is 2.60 bits per heavy atom. The molecule has 1 fully saturated rings. The number of benzene rings is 2. The van der Waals surface area contributed by atoms with Gasteiger partial charge in [0.25, 0.3) is 0 Å². The Hall–Kier alpha value is -2.44. The lowest BCUT2D eigenvalue weighted by atomic mass is 9.82. The van der Waals surface area contributed by atoms with Gasteiger partial charge in [-0.15, -0.1) is 11.3 Å².